The van der Waals surface area contributed by atoms with Crippen molar-refractivity contribution in [1.29, 1.82) is 0 Å². The largest absolute Gasteiger partial charge is 0.481 e. The molecule has 0 aliphatic rings. The molecule has 3 aromatic carbocycles. The van der Waals surface area contributed by atoms with Crippen LogP contribution >= 0.6 is 22.9 Å². The Hall–Kier alpha value is -4.03. The van der Waals surface area contributed by atoms with Crippen LogP contribution in [-0.2, 0) is 30.2 Å². The van der Waals surface area contributed by atoms with Gasteiger partial charge in [-0.25, -0.2) is 4.98 Å². The predicted molar refractivity (Wildman–Crippen MR) is 155 cm³/mol. The number of rotatable bonds is 11. The molecule has 0 atom stereocenters. The molecule has 13 heteroatoms. The molecular weight excluding hydrogens is 616 g/mol. The van der Waals surface area contributed by atoms with E-state index in [0.717, 1.165) is 0 Å². The average Bonchev–Trinajstić information content (AvgIpc) is 3.42. The van der Waals surface area contributed by atoms with Crippen molar-refractivity contribution in [3.63, 3.8) is 0 Å². The molecular formula is C30H24ClF6N3O2S. The zero-order valence-electron chi connectivity index (χ0n) is 22.3. The second-order valence-corrected chi connectivity index (χ2v) is 10.8. The third kappa shape index (κ3) is 8.74. The van der Waals surface area contributed by atoms with Gasteiger partial charge < -0.3 is 15.3 Å². The number of carboxylic acid groups (broad SMARTS) is 1. The molecule has 0 amide bonds. The van der Waals surface area contributed by atoms with E-state index in [1.54, 1.807) is 58.8 Å². The fraction of sp³-hybridized carbons (Fsp3) is 0.200. The highest BCUT2D eigenvalue weighted by Crippen LogP contribution is 2.37. The van der Waals surface area contributed by atoms with Gasteiger partial charge in [0.25, 0.3) is 0 Å². The normalized spacial score (nSPS) is 11.8. The van der Waals surface area contributed by atoms with Crippen LogP contribution in [0.1, 0.15) is 34.2 Å². The number of carbonyl (C=O) groups is 1. The summed E-state index contributed by atoms with van der Waals surface area (Å²) in [4.78, 5) is 17.0. The second-order valence-electron chi connectivity index (χ2n) is 9.54. The monoisotopic (exact) mass is 639 g/mol. The lowest BCUT2D eigenvalue weighted by Gasteiger charge is -2.24. The fourth-order valence-electron chi connectivity index (χ4n) is 4.17. The number of aliphatic carboxylic acids is 1. The fourth-order valence-corrected chi connectivity index (χ4v) is 5.19. The minimum atomic E-state index is -4.97. The Bertz CT molecular complexity index is 1570. The van der Waals surface area contributed by atoms with E-state index in [4.69, 9.17) is 16.7 Å². The van der Waals surface area contributed by atoms with Gasteiger partial charge in [-0.3, -0.25) is 4.79 Å². The number of hydrogen-bond acceptors (Lipinski definition) is 5. The van der Waals surface area contributed by atoms with Gasteiger partial charge in [-0.2, -0.15) is 26.3 Å². The van der Waals surface area contributed by atoms with E-state index in [-0.39, 0.29) is 37.7 Å². The van der Waals surface area contributed by atoms with E-state index in [0.29, 0.717) is 50.4 Å². The molecule has 0 spiro atoms. The summed E-state index contributed by atoms with van der Waals surface area (Å²) in [5.41, 5.74) is 0.158. The van der Waals surface area contributed by atoms with Crippen LogP contribution < -0.4 is 10.2 Å². The first-order valence-corrected chi connectivity index (χ1v) is 13.9. The third-order valence-corrected chi connectivity index (χ3v) is 7.39. The van der Waals surface area contributed by atoms with Crippen molar-refractivity contribution in [2.24, 2.45) is 0 Å². The molecule has 5 nitrogen and oxygen atoms in total. The quantitative estimate of drug-likeness (QED) is 0.161. The lowest BCUT2D eigenvalue weighted by Crippen LogP contribution is -2.23. The molecule has 43 heavy (non-hydrogen) atoms. The van der Waals surface area contributed by atoms with Gasteiger partial charge in [-0.15, -0.1) is 11.3 Å². The SMILES string of the molecule is C=C(NCCC(=O)O)c1ccc(CN(Cc2cc(C(F)(F)F)cc(C(F)(F)F)c2)c2nc(-c3cccc(Cl)c3)cs2)cc1. The van der Waals surface area contributed by atoms with Gasteiger partial charge in [0, 0.05) is 41.3 Å². The van der Waals surface area contributed by atoms with Crippen LogP contribution in [0.4, 0.5) is 31.5 Å². The lowest BCUT2D eigenvalue weighted by atomic mass is 10.0. The highest BCUT2D eigenvalue weighted by atomic mass is 35.5. The minimum Gasteiger partial charge on any atom is -0.481 e. The van der Waals surface area contributed by atoms with Crippen molar-refractivity contribution in [3.05, 3.63) is 112 Å². The van der Waals surface area contributed by atoms with Crippen molar-refractivity contribution in [1.82, 2.24) is 10.3 Å². The Morgan fingerprint density at radius 1 is 0.930 bits per heavy atom. The van der Waals surface area contributed by atoms with E-state index in [1.807, 2.05) is 0 Å². The van der Waals surface area contributed by atoms with Crippen LogP contribution in [0.25, 0.3) is 17.0 Å². The summed E-state index contributed by atoms with van der Waals surface area (Å²) < 4.78 is 81.3. The van der Waals surface area contributed by atoms with Crippen LogP contribution in [0.5, 0.6) is 0 Å². The van der Waals surface area contributed by atoms with Crippen LogP contribution in [-0.4, -0.2) is 22.6 Å². The van der Waals surface area contributed by atoms with E-state index in [9.17, 15) is 31.1 Å². The maximum Gasteiger partial charge on any atom is 0.416 e. The molecule has 1 aromatic heterocycles. The van der Waals surface area contributed by atoms with Crippen LogP contribution in [0, 0.1) is 0 Å². The molecule has 0 fully saturated rings. The topological polar surface area (TPSA) is 65.5 Å². The number of anilines is 1. The van der Waals surface area contributed by atoms with Gasteiger partial charge in [0.2, 0.25) is 0 Å². The van der Waals surface area contributed by atoms with Crippen LogP contribution in [0.2, 0.25) is 5.02 Å². The Morgan fingerprint density at radius 2 is 1.56 bits per heavy atom. The average molecular weight is 640 g/mol. The summed E-state index contributed by atoms with van der Waals surface area (Å²) in [5, 5.41) is 14.3. The van der Waals surface area contributed by atoms with Crippen molar-refractivity contribution in [2.45, 2.75) is 31.9 Å². The van der Waals surface area contributed by atoms with E-state index in [1.165, 1.54) is 11.3 Å². The number of aromatic nitrogens is 1. The van der Waals surface area contributed by atoms with E-state index >= 15 is 0 Å². The summed E-state index contributed by atoms with van der Waals surface area (Å²) in [6.07, 6.45) is -10.0. The molecule has 226 valence electrons. The highest BCUT2D eigenvalue weighted by molar-refractivity contribution is 7.14. The Morgan fingerprint density at radius 3 is 2.14 bits per heavy atom. The zero-order valence-corrected chi connectivity index (χ0v) is 23.8. The summed E-state index contributed by atoms with van der Waals surface area (Å²) in [6.45, 7) is 3.89. The zero-order chi connectivity index (χ0) is 31.4. The number of benzene rings is 3. The van der Waals surface area contributed by atoms with Gasteiger partial charge in [-0.1, -0.05) is 54.6 Å². The summed E-state index contributed by atoms with van der Waals surface area (Å²) >= 11 is 7.29. The second kappa shape index (κ2) is 13.1. The highest BCUT2D eigenvalue weighted by Gasteiger charge is 2.37. The van der Waals surface area contributed by atoms with Gasteiger partial charge in [0.05, 0.1) is 23.2 Å². The molecule has 0 saturated heterocycles. The summed E-state index contributed by atoms with van der Waals surface area (Å²) in [6, 6.07) is 15.4. The molecule has 4 aromatic rings. The minimum absolute atomic E-state index is 0.0946. The van der Waals surface area contributed by atoms with Crippen LogP contribution in [0.15, 0.2) is 78.7 Å². The molecule has 0 radical (unpaired) electrons. The summed E-state index contributed by atoms with van der Waals surface area (Å²) in [7, 11) is 0. The maximum atomic E-state index is 13.5. The molecule has 4 rings (SSSR count). The lowest BCUT2D eigenvalue weighted by molar-refractivity contribution is -0.143. The molecule has 1 heterocycles. The first kappa shape index (κ1) is 31.9. The predicted octanol–water partition coefficient (Wildman–Crippen LogP) is 8.74. The van der Waals surface area contributed by atoms with Crippen molar-refractivity contribution in [2.75, 3.05) is 11.4 Å². The Kier molecular flexibility index (Phi) is 9.71. The van der Waals surface area contributed by atoms with Crippen molar-refractivity contribution < 1.29 is 36.2 Å². The maximum absolute atomic E-state index is 13.5. The Balaban J connectivity index is 1.66. The third-order valence-electron chi connectivity index (χ3n) is 6.26. The number of carboxylic acids is 1. The number of nitrogens with zero attached hydrogens (tertiary/aromatic N) is 2. The number of hydrogen-bond donors (Lipinski definition) is 2. The van der Waals surface area contributed by atoms with Crippen molar-refractivity contribution in [3.8, 4) is 11.3 Å². The number of alkyl halides is 6. The number of thiazole rings is 1. The van der Waals surface area contributed by atoms with E-state index in [2.05, 4.69) is 16.9 Å². The number of nitrogens with one attached hydrogen (secondary N) is 1. The first-order chi connectivity index (χ1) is 20.2. The standard InChI is InChI=1S/C30H24ClF6N3O2S/c1-18(38-10-9-27(41)42)21-7-5-19(6-8-21)15-40(28-39-26(17-43-28)22-3-2-4-25(31)13-22)16-20-11-23(29(32,33)34)14-24(12-20)30(35,36)37/h2-8,11-14,17,38H,1,9-10,15-16H2,(H,41,42). The van der Waals surface area contributed by atoms with Crippen LogP contribution in [0.3, 0.4) is 0 Å². The van der Waals surface area contributed by atoms with Gasteiger partial charge in [-0.05, 0) is 47.0 Å². The molecule has 0 aliphatic heterocycles. The first-order valence-electron chi connectivity index (χ1n) is 12.7. The summed E-state index contributed by atoms with van der Waals surface area (Å²) in [5.74, 6) is -0.959. The molecule has 0 aliphatic carbocycles. The van der Waals surface area contributed by atoms with Gasteiger partial charge >= 0.3 is 18.3 Å². The smallest absolute Gasteiger partial charge is 0.416 e. The van der Waals surface area contributed by atoms with Crippen molar-refractivity contribution >= 4 is 39.7 Å². The van der Waals surface area contributed by atoms with E-state index < -0.39 is 29.4 Å². The molecule has 0 bridgehead atoms. The van der Waals surface area contributed by atoms with Gasteiger partial charge in [0.1, 0.15) is 0 Å². The number of halogens is 7. The van der Waals surface area contributed by atoms with Gasteiger partial charge in [0.15, 0.2) is 5.13 Å². The molecule has 0 saturated carbocycles. The molecule has 0 unspecified atom stereocenters. The Labute approximate surface area is 252 Å². The molecule has 2 N–H and O–H groups in total.